The molecule has 4 rings (SSSR count). The maximum atomic E-state index is 13.2. The standard InChI is InChI=1S/C22H18N2O2/c1-16-9-5-6-10-17(16)15-23-20-14-8-7-13-19(20)21(25)24(22(23)26)18-11-3-2-4-12-18/h2-14H,15H2,1H3. The van der Waals surface area contributed by atoms with Crippen molar-refractivity contribution in [1.29, 1.82) is 0 Å². The quantitative estimate of drug-likeness (QED) is 0.572. The lowest BCUT2D eigenvalue weighted by atomic mass is 10.1. The van der Waals surface area contributed by atoms with Crippen LogP contribution < -0.4 is 11.2 Å². The van der Waals surface area contributed by atoms with Crippen LogP contribution in [-0.4, -0.2) is 9.13 Å². The van der Waals surface area contributed by atoms with Gasteiger partial charge in [-0.25, -0.2) is 9.36 Å². The molecule has 4 nitrogen and oxygen atoms in total. The van der Waals surface area contributed by atoms with E-state index in [0.717, 1.165) is 11.1 Å². The summed E-state index contributed by atoms with van der Waals surface area (Å²) in [6.45, 7) is 2.44. The molecule has 0 aliphatic carbocycles. The third kappa shape index (κ3) is 2.65. The number of aryl methyl sites for hydroxylation is 1. The lowest BCUT2D eigenvalue weighted by Gasteiger charge is -2.15. The van der Waals surface area contributed by atoms with Crippen molar-refractivity contribution in [2.75, 3.05) is 0 Å². The van der Waals surface area contributed by atoms with Gasteiger partial charge in [0.25, 0.3) is 5.56 Å². The molecule has 0 saturated heterocycles. The molecule has 0 radical (unpaired) electrons. The van der Waals surface area contributed by atoms with E-state index in [9.17, 15) is 9.59 Å². The van der Waals surface area contributed by atoms with Crippen molar-refractivity contribution in [3.63, 3.8) is 0 Å². The van der Waals surface area contributed by atoms with Gasteiger partial charge in [0.1, 0.15) is 0 Å². The van der Waals surface area contributed by atoms with Gasteiger partial charge in [0.05, 0.1) is 23.1 Å². The van der Waals surface area contributed by atoms with Crippen molar-refractivity contribution < 1.29 is 0 Å². The number of hydrogen-bond donors (Lipinski definition) is 0. The summed E-state index contributed by atoms with van der Waals surface area (Å²) in [6.07, 6.45) is 0. The van der Waals surface area contributed by atoms with E-state index >= 15 is 0 Å². The molecule has 0 spiro atoms. The van der Waals surface area contributed by atoms with E-state index in [2.05, 4.69) is 0 Å². The smallest absolute Gasteiger partial charge is 0.288 e. The van der Waals surface area contributed by atoms with E-state index < -0.39 is 0 Å². The fourth-order valence-electron chi connectivity index (χ4n) is 3.24. The molecule has 1 aromatic heterocycles. The van der Waals surface area contributed by atoms with Crippen molar-refractivity contribution in [3.05, 3.63) is 111 Å². The molecule has 26 heavy (non-hydrogen) atoms. The predicted molar refractivity (Wildman–Crippen MR) is 104 cm³/mol. The molecular weight excluding hydrogens is 324 g/mol. The first kappa shape index (κ1) is 16.1. The lowest BCUT2D eigenvalue weighted by Crippen LogP contribution is -2.39. The average Bonchev–Trinajstić information content (AvgIpc) is 2.67. The summed E-state index contributed by atoms with van der Waals surface area (Å²) in [5.74, 6) is 0. The van der Waals surface area contributed by atoms with Crippen LogP contribution in [0.25, 0.3) is 16.6 Å². The Morgan fingerprint density at radius 2 is 1.42 bits per heavy atom. The molecule has 0 aliphatic rings. The number of fused-ring (bicyclic) bond motifs is 1. The van der Waals surface area contributed by atoms with Crippen LogP contribution >= 0.6 is 0 Å². The Morgan fingerprint density at radius 1 is 0.769 bits per heavy atom. The van der Waals surface area contributed by atoms with Gasteiger partial charge in [-0.2, -0.15) is 0 Å². The van der Waals surface area contributed by atoms with Gasteiger partial charge >= 0.3 is 5.69 Å². The fraction of sp³-hybridized carbons (Fsp3) is 0.0909. The van der Waals surface area contributed by atoms with Crippen molar-refractivity contribution in [2.45, 2.75) is 13.5 Å². The van der Waals surface area contributed by atoms with Gasteiger partial charge in [0, 0.05) is 0 Å². The molecule has 0 N–H and O–H groups in total. The van der Waals surface area contributed by atoms with Gasteiger partial charge in [-0.15, -0.1) is 0 Å². The number of nitrogens with zero attached hydrogens (tertiary/aromatic N) is 2. The number of para-hydroxylation sites is 2. The minimum atomic E-state index is -0.330. The van der Waals surface area contributed by atoms with Crippen molar-refractivity contribution in [1.82, 2.24) is 9.13 Å². The molecule has 0 amide bonds. The summed E-state index contributed by atoms with van der Waals surface area (Å²) < 4.78 is 2.92. The van der Waals surface area contributed by atoms with Crippen LogP contribution in [-0.2, 0) is 6.54 Å². The van der Waals surface area contributed by atoms with E-state index in [1.165, 1.54) is 4.57 Å². The van der Waals surface area contributed by atoms with E-state index in [1.54, 1.807) is 22.8 Å². The molecule has 3 aromatic carbocycles. The van der Waals surface area contributed by atoms with Gasteiger partial charge in [-0.1, -0.05) is 54.6 Å². The molecular formula is C22H18N2O2. The van der Waals surface area contributed by atoms with Crippen LogP contribution in [0.1, 0.15) is 11.1 Å². The third-order valence-corrected chi connectivity index (χ3v) is 4.65. The van der Waals surface area contributed by atoms with Gasteiger partial charge in [0.2, 0.25) is 0 Å². The number of aromatic nitrogens is 2. The van der Waals surface area contributed by atoms with Gasteiger partial charge < -0.3 is 0 Å². The molecule has 0 bridgehead atoms. The Balaban J connectivity index is 2.05. The SMILES string of the molecule is Cc1ccccc1Cn1c(=O)n(-c2ccccc2)c(=O)c2ccccc21. The summed E-state index contributed by atoms with van der Waals surface area (Å²) in [5.41, 5.74) is 2.77. The Bertz CT molecular complexity index is 1200. The topological polar surface area (TPSA) is 44.0 Å². The normalized spacial score (nSPS) is 11.0. The molecule has 1 heterocycles. The maximum Gasteiger partial charge on any atom is 0.336 e. The average molecular weight is 342 g/mol. The van der Waals surface area contributed by atoms with Gasteiger partial charge in [0.15, 0.2) is 0 Å². The molecule has 0 fully saturated rings. The molecule has 4 aromatic rings. The van der Waals surface area contributed by atoms with E-state index in [4.69, 9.17) is 0 Å². The van der Waals surface area contributed by atoms with Crippen LogP contribution in [0.15, 0.2) is 88.5 Å². The van der Waals surface area contributed by atoms with Crippen LogP contribution in [0.5, 0.6) is 0 Å². The Morgan fingerprint density at radius 3 is 2.19 bits per heavy atom. The van der Waals surface area contributed by atoms with Gasteiger partial charge in [-0.3, -0.25) is 9.36 Å². The second-order valence-electron chi connectivity index (χ2n) is 6.29. The van der Waals surface area contributed by atoms with Crippen molar-refractivity contribution >= 4 is 10.9 Å². The zero-order valence-electron chi connectivity index (χ0n) is 14.4. The van der Waals surface area contributed by atoms with Crippen LogP contribution in [0.4, 0.5) is 0 Å². The van der Waals surface area contributed by atoms with E-state index in [-0.39, 0.29) is 11.2 Å². The zero-order chi connectivity index (χ0) is 18.1. The highest BCUT2D eigenvalue weighted by molar-refractivity contribution is 5.78. The van der Waals surface area contributed by atoms with Crippen molar-refractivity contribution in [3.8, 4) is 5.69 Å². The van der Waals surface area contributed by atoms with Crippen molar-refractivity contribution in [2.24, 2.45) is 0 Å². The monoisotopic (exact) mass is 342 g/mol. The molecule has 0 saturated carbocycles. The molecule has 0 atom stereocenters. The second-order valence-corrected chi connectivity index (χ2v) is 6.29. The summed E-state index contributed by atoms with van der Waals surface area (Å²) in [5, 5.41) is 0.532. The summed E-state index contributed by atoms with van der Waals surface area (Å²) in [4.78, 5) is 26.2. The molecule has 0 unspecified atom stereocenters. The first-order valence-corrected chi connectivity index (χ1v) is 8.51. The maximum absolute atomic E-state index is 13.2. The Labute approximate surface area is 150 Å². The predicted octanol–water partition coefficient (Wildman–Crippen LogP) is 3.51. The highest BCUT2D eigenvalue weighted by Crippen LogP contribution is 2.14. The number of benzene rings is 3. The number of rotatable bonds is 3. The lowest BCUT2D eigenvalue weighted by molar-refractivity contribution is 0.712. The summed E-state index contributed by atoms with van der Waals surface area (Å²) in [6, 6.07) is 24.3. The first-order valence-electron chi connectivity index (χ1n) is 8.51. The third-order valence-electron chi connectivity index (χ3n) is 4.65. The van der Waals surface area contributed by atoms with E-state index in [0.29, 0.717) is 23.1 Å². The fourth-order valence-corrected chi connectivity index (χ4v) is 3.24. The highest BCUT2D eigenvalue weighted by Gasteiger charge is 2.14. The number of hydrogen-bond acceptors (Lipinski definition) is 2. The first-order chi connectivity index (χ1) is 12.7. The molecule has 0 aliphatic heterocycles. The van der Waals surface area contributed by atoms with Gasteiger partial charge in [-0.05, 0) is 42.3 Å². The molecule has 4 heteroatoms. The minimum absolute atomic E-state index is 0.294. The summed E-state index contributed by atoms with van der Waals surface area (Å²) >= 11 is 0. The zero-order valence-corrected chi connectivity index (χ0v) is 14.4. The second kappa shape index (κ2) is 6.48. The highest BCUT2D eigenvalue weighted by atomic mass is 16.2. The Kier molecular flexibility index (Phi) is 4.01. The van der Waals surface area contributed by atoms with Crippen LogP contribution in [0.2, 0.25) is 0 Å². The largest absolute Gasteiger partial charge is 0.336 e. The van der Waals surface area contributed by atoms with Crippen LogP contribution in [0.3, 0.4) is 0 Å². The summed E-state index contributed by atoms with van der Waals surface area (Å²) in [7, 11) is 0. The Hall–Kier alpha value is -3.40. The van der Waals surface area contributed by atoms with Crippen LogP contribution in [0, 0.1) is 6.92 Å². The molecule has 128 valence electrons. The van der Waals surface area contributed by atoms with E-state index in [1.807, 2.05) is 67.6 Å². The minimum Gasteiger partial charge on any atom is -0.288 e.